The average Bonchev–Trinajstić information content (AvgIpc) is 3.20. The molecule has 0 saturated heterocycles. The Kier molecular flexibility index (Phi) is 6.42. The molecule has 5 aromatic rings. The number of primary amides is 1. The summed E-state index contributed by atoms with van der Waals surface area (Å²) < 4.78 is 1.84. The molecule has 0 spiro atoms. The van der Waals surface area contributed by atoms with Crippen molar-refractivity contribution in [1.82, 2.24) is 14.8 Å². The van der Waals surface area contributed by atoms with Gasteiger partial charge >= 0.3 is 0 Å². The van der Waals surface area contributed by atoms with Gasteiger partial charge in [-0.1, -0.05) is 42.5 Å². The largest absolute Gasteiger partial charge is 0.366 e. The van der Waals surface area contributed by atoms with Crippen molar-refractivity contribution in [3.63, 3.8) is 0 Å². The van der Waals surface area contributed by atoms with Gasteiger partial charge in [0.1, 0.15) is 0 Å². The molecule has 0 atom stereocenters. The molecule has 186 valence electrons. The molecule has 0 bridgehead atoms. The highest BCUT2D eigenvalue weighted by Gasteiger charge is 2.19. The summed E-state index contributed by atoms with van der Waals surface area (Å²) in [6.45, 7) is 4.28. The number of nitrogens with one attached hydrogen (secondary N) is 1. The summed E-state index contributed by atoms with van der Waals surface area (Å²) in [5.74, 6) is -0.781. The second-order valence-electron chi connectivity index (χ2n) is 8.98. The number of nitriles is 1. The second kappa shape index (κ2) is 9.99. The van der Waals surface area contributed by atoms with Crippen LogP contribution in [-0.4, -0.2) is 26.6 Å². The van der Waals surface area contributed by atoms with Crippen LogP contribution in [0.1, 0.15) is 43.2 Å². The van der Waals surface area contributed by atoms with Crippen LogP contribution in [0, 0.1) is 25.2 Å². The molecule has 0 fully saturated rings. The highest BCUT2D eigenvalue weighted by Crippen LogP contribution is 2.27. The van der Waals surface area contributed by atoms with E-state index in [2.05, 4.69) is 16.5 Å². The zero-order chi connectivity index (χ0) is 26.8. The van der Waals surface area contributed by atoms with Crippen molar-refractivity contribution in [2.24, 2.45) is 5.73 Å². The van der Waals surface area contributed by atoms with Gasteiger partial charge in [0.25, 0.3) is 5.91 Å². The predicted molar refractivity (Wildman–Crippen MR) is 146 cm³/mol. The summed E-state index contributed by atoms with van der Waals surface area (Å²) in [6, 6.07) is 25.5. The zero-order valence-corrected chi connectivity index (χ0v) is 20.9. The van der Waals surface area contributed by atoms with Gasteiger partial charge in [0.05, 0.1) is 52.0 Å². The minimum Gasteiger partial charge on any atom is -0.366 e. The van der Waals surface area contributed by atoms with E-state index in [0.717, 1.165) is 22.2 Å². The molecule has 3 N–H and O–H groups in total. The van der Waals surface area contributed by atoms with Crippen molar-refractivity contribution in [3.05, 3.63) is 113 Å². The third-order valence-electron chi connectivity index (χ3n) is 6.46. The summed E-state index contributed by atoms with van der Waals surface area (Å²) in [7, 11) is 0. The van der Waals surface area contributed by atoms with Crippen LogP contribution in [0.15, 0.2) is 78.9 Å². The van der Waals surface area contributed by atoms with Gasteiger partial charge in [0.2, 0.25) is 5.91 Å². The number of hydrogen-bond donors (Lipinski definition) is 2. The first kappa shape index (κ1) is 24.4. The van der Waals surface area contributed by atoms with Gasteiger partial charge in [-0.05, 0) is 55.8 Å². The van der Waals surface area contributed by atoms with Gasteiger partial charge in [-0.15, -0.1) is 0 Å². The number of aromatic nitrogens is 3. The summed E-state index contributed by atoms with van der Waals surface area (Å²) in [6.07, 6.45) is 0. The molecular formula is C30H24N6O2. The Morgan fingerprint density at radius 2 is 1.71 bits per heavy atom. The van der Waals surface area contributed by atoms with Crippen molar-refractivity contribution >= 4 is 28.4 Å². The number of carbonyl (C=O) groups excluding carboxylic acids is 2. The molecule has 0 radical (unpaired) electrons. The number of fused-ring (bicyclic) bond motifs is 1. The number of aryl methyl sites for hydroxylation is 1. The van der Waals surface area contributed by atoms with Crippen LogP contribution in [0.4, 0.5) is 5.69 Å². The average molecular weight is 501 g/mol. The summed E-state index contributed by atoms with van der Waals surface area (Å²) in [5, 5.41) is 17.4. The smallest absolute Gasteiger partial charge is 0.256 e. The van der Waals surface area contributed by atoms with Crippen LogP contribution < -0.4 is 11.1 Å². The third kappa shape index (κ3) is 4.73. The first-order valence-electron chi connectivity index (χ1n) is 12.0. The molecule has 0 unspecified atom stereocenters. The highest BCUT2D eigenvalue weighted by atomic mass is 16.2. The van der Waals surface area contributed by atoms with Crippen molar-refractivity contribution < 1.29 is 9.59 Å². The molecule has 0 aliphatic heterocycles. The fraction of sp³-hybridized carbons (Fsp3) is 0.100. The minimum atomic E-state index is -0.506. The van der Waals surface area contributed by atoms with Crippen molar-refractivity contribution in [2.75, 3.05) is 5.32 Å². The number of hydrogen-bond acceptors (Lipinski definition) is 5. The Bertz CT molecular complexity index is 1730. The topological polar surface area (TPSA) is 127 Å². The maximum atomic E-state index is 13.6. The molecule has 8 nitrogen and oxygen atoms in total. The minimum absolute atomic E-state index is 0.275. The Hall–Kier alpha value is -5.29. The molecule has 5 rings (SSSR count). The lowest BCUT2D eigenvalue weighted by Gasteiger charge is -2.12. The number of rotatable bonds is 6. The lowest BCUT2D eigenvalue weighted by Crippen LogP contribution is -2.14. The number of nitrogens with two attached hydrogens (primary N) is 1. The molecular weight excluding hydrogens is 476 g/mol. The third-order valence-corrected chi connectivity index (χ3v) is 6.46. The fourth-order valence-electron chi connectivity index (χ4n) is 4.39. The SMILES string of the molecule is Cc1nn(Cc2ccc(C#N)cc2)c(C)c1NC(=O)c1cc(-c2ccc(C(N)=O)cc2)nc2ccccc12. The Labute approximate surface area is 219 Å². The lowest BCUT2D eigenvalue weighted by atomic mass is 10.0. The molecule has 2 aromatic heterocycles. The standard InChI is InChI=1S/C30H24N6O2/c1-18-28(19(2)36(35-18)17-21-9-7-20(16-31)8-10-21)34-30(38)25-15-27(33-26-6-4-3-5-24(25)26)22-11-13-23(14-12-22)29(32)37/h3-15H,17H2,1-2H3,(H2,32,37)(H,34,38). The zero-order valence-electron chi connectivity index (χ0n) is 20.9. The van der Waals surface area contributed by atoms with Crippen LogP contribution in [0.25, 0.3) is 22.2 Å². The second-order valence-corrected chi connectivity index (χ2v) is 8.98. The van der Waals surface area contributed by atoms with Crippen LogP contribution in [0.5, 0.6) is 0 Å². The number of nitrogens with zero attached hydrogens (tertiary/aromatic N) is 4. The number of para-hydroxylation sites is 1. The van der Waals surface area contributed by atoms with E-state index in [1.807, 2.05) is 54.9 Å². The number of benzene rings is 3. The van der Waals surface area contributed by atoms with Gasteiger partial charge in [-0.2, -0.15) is 10.4 Å². The maximum Gasteiger partial charge on any atom is 0.256 e. The molecule has 8 heteroatoms. The van der Waals surface area contributed by atoms with Crippen LogP contribution in [0.3, 0.4) is 0 Å². The number of amides is 2. The fourth-order valence-corrected chi connectivity index (χ4v) is 4.39. The van der Waals surface area contributed by atoms with Gasteiger partial charge in [-0.25, -0.2) is 4.98 Å². The normalized spacial score (nSPS) is 10.8. The summed E-state index contributed by atoms with van der Waals surface area (Å²) in [5.41, 5.74) is 12.1. The van der Waals surface area contributed by atoms with Crippen molar-refractivity contribution in [3.8, 4) is 17.3 Å². The van der Waals surface area contributed by atoms with E-state index in [1.165, 1.54) is 0 Å². The van der Waals surface area contributed by atoms with E-state index < -0.39 is 5.91 Å². The summed E-state index contributed by atoms with van der Waals surface area (Å²) in [4.78, 5) is 29.8. The van der Waals surface area contributed by atoms with E-state index in [1.54, 1.807) is 42.5 Å². The van der Waals surface area contributed by atoms with Gasteiger partial charge in [-0.3, -0.25) is 14.3 Å². The van der Waals surface area contributed by atoms with E-state index >= 15 is 0 Å². The number of pyridine rings is 1. The highest BCUT2D eigenvalue weighted by molar-refractivity contribution is 6.13. The molecule has 3 aromatic carbocycles. The lowest BCUT2D eigenvalue weighted by molar-refractivity contribution is 0.0997. The first-order valence-corrected chi connectivity index (χ1v) is 12.0. The van der Waals surface area contributed by atoms with Crippen LogP contribution in [-0.2, 0) is 6.54 Å². The van der Waals surface area contributed by atoms with E-state index in [-0.39, 0.29) is 5.91 Å². The van der Waals surface area contributed by atoms with Crippen LogP contribution >= 0.6 is 0 Å². The van der Waals surface area contributed by atoms with E-state index in [9.17, 15) is 9.59 Å². The van der Waals surface area contributed by atoms with E-state index in [0.29, 0.717) is 45.8 Å². The molecule has 0 saturated carbocycles. The Morgan fingerprint density at radius 1 is 1.00 bits per heavy atom. The molecule has 38 heavy (non-hydrogen) atoms. The van der Waals surface area contributed by atoms with Crippen LogP contribution in [0.2, 0.25) is 0 Å². The van der Waals surface area contributed by atoms with Gasteiger partial charge in [0, 0.05) is 16.5 Å². The van der Waals surface area contributed by atoms with Crippen molar-refractivity contribution in [2.45, 2.75) is 20.4 Å². The first-order chi connectivity index (χ1) is 18.3. The maximum absolute atomic E-state index is 13.6. The number of carbonyl (C=O) groups is 2. The Morgan fingerprint density at radius 3 is 2.39 bits per heavy atom. The summed E-state index contributed by atoms with van der Waals surface area (Å²) >= 11 is 0. The number of anilines is 1. The van der Waals surface area contributed by atoms with E-state index in [4.69, 9.17) is 16.0 Å². The van der Waals surface area contributed by atoms with Crippen molar-refractivity contribution in [1.29, 1.82) is 5.26 Å². The monoisotopic (exact) mass is 500 g/mol. The molecule has 0 aliphatic carbocycles. The molecule has 0 aliphatic rings. The molecule has 2 heterocycles. The van der Waals surface area contributed by atoms with Gasteiger partial charge in [0.15, 0.2) is 0 Å². The Balaban J connectivity index is 1.47. The van der Waals surface area contributed by atoms with Gasteiger partial charge < -0.3 is 11.1 Å². The quantitative estimate of drug-likeness (QED) is 0.340. The molecule has 2 amide bonds. The predicted octanol–water partition coefficient (Wildman–Crippen LogP) is 4.99.